The highest BCUT2D eigenvalue weighted by Gasteiger charge is 2.32. The number of hydrogen-bond donors (Lipinski definition) is 0. The van der Waals surface area contributed by atoms with Gasteiger partial charge < -0.3 is 0 Å². The third kappa shape index (κ3) is 3.73. The number of nitrogens with zero attached hydrogens (tertiary/aromatic N) is 2. The minimum atomic E-state index is -3.87. The van der Waals surface area contributed by atoms with Crippen molar-refractivity contribution in [3.05, 3.63) is 63.9 Å². The summed E-state index contributed by atoms with van der Waals surface area (Å²) in [6, 6.07) is 5.91. The van der Waals surface area contributed by atoms with E-state index in [-0.39, 0.29) is 36.1 Å². The van der Waals surface area contributed by atoms with E-state index in [0.29, 0.717) is 0 Å². The van der Waals surface area contributed by atoms with Crippen LogP contribution in [0.15, 0.2) is 29.2 Å². The van der Waals surface area contributed by atoms with Gasteiger partial charge >= 0.3 is 0 Å². The first kappa shape index (κ1) is 21.0. The Hall–Kier alpha value is -1.75. The van der Waals surface area contributed by atoms with E-state index in [1.54, 1.807) is 6.07 Å². The van der Waals surface area contributed by atoms with E-state index in [2.05, 4.69) is 0 Å². The second-order valence-corrected chi connectivity index (χ2v) is 8.47. The van der Waals surface area contributed by atoms with Crippen LogP contribution in [0.4, 0.5) is 22.0 Å². The van der Waals surface area contributed by atoms with Crippen molar-refractivity contribution >= 4 is 21.6 Å². The van der Waals surface area contributed by atoms with Gasteiger partial charge in [0.25, 0.3) is 0 Å². The summed E-state index contributed by atoms with van der Waals surface area (Å²) in [5.74, 6) is -10.00. The fraction of sp³-hybridized carbons (Fsp3) is 0.294. The van der Waals surface area contributed by atoms with E-state index in [1.165, 1.54) is 23.1 Å². The number of halogens is 6. The first-order valence-electron chi connectivity index (χ1n) is 8.12. The van der Waals surface area contributed by atoms with E-state index >= 15 is 0 Å². The lowest BCUT2D eigenvalue weighted by Crippen LogP contribution is -2.48. The second kappa shape index (κ2) is 7.94. The molecule has 0 amide bonds. The average molecular weight is 441 g/mol. The van der Waals surface area contributed by atoms with Gasteiger partial charge in [-0.2, -0.15) is 4.31 Å². The van der Waals surface area contributed by atoms with Crippen molar-refractivity contribution in [2.45, 2.75) is 11.4 Å². The van der Waals surface area contributed by atoms with Crippen LogP contribution < -0.4 is 0 Å². The Kier molecular flexibility index (Phi) is 5.95. The summed E-state index contributed by atoms with van der Waals surface area (Å²) in [7, 11) is -3.87. The quantitative estimate of drug-likeness (QED) is 0.415. The molecule has 0 radical (unpaired) electrons. The fourth-order valence-corrected chi connectivity index (χ4v) is 4.85. The van der Waals surface area contributed by atoms with E-state index < -0.39 is 51.2 Å². The van der Waals surface area contributed by atoms with Crippen molar-refractivity contribution in [2.75, 3.05) is 26.2 Å². The smallest absolute Gasteiger partial charge is 0.244 e. The summed E-state index contributed by atoms with van der Waals surface area (Å²) < 4.78 is 93.9. The van der Waals surface area contributed by atoms with Gasteiger partial charge in [-0.3, -0.25) is 4.90 Å². The minimum absolute atomic E-state index is 0.0248. The molecular formula is C17H14ClF5N2O2S. The highest BCUT2D eigenvalue weighted by atomic mass is 35.5. The molecule has 1 saturated heterocycles. The summed E-state index contributed by atoms with van der Waals surface area (Å²) >= 11 is 5.94. The summed E-state index contributed by atoms with van der Waals surface area (Å²) in [6.45, 7) is -0.496. The highest BCUT2D eigenvalue weighted by Crippen LogP contribution is 2.27. The van der Waals surface area contributed by atoms with Gasteiger partial charge in [-0.25, -0.2) is 30.4 Å². The standard InChI is InChI=1S/C17H14ClF5N2O2S/c18-11-3-1-2-4-12(11)28(26,27)25-7-5-24(6-8-25)9-10-13(19)15(21)17(23)16(22)14(10)20/h1-4H,5-9H2. The molecule has 11 heteroatoms. The summed E-state index contributed by atoms with van der Waals surface area (Å²) in [4.78, 5) is 1.35. The Morgan fingerprint density at radius 1 is 0.821 bits per heavy atom. The third-order valence-electron chi connectivity index (χ3n) is 4.47. The van der Waals surface area contributed by atoms with Gasteiger partial charge in [0.05, 0.1) is 5.02 Å². The number of hydrogen-bond acceptors (Lipinski definition) is 3. The van der Waals surface area contributed by atoms with Crippen LogP contribution in [0, 0.1) is 29.1 Å². The van der Waals surface area contributed by atoms with Crippen LogP contribution in [-0.2, 0) is 16.6 Å². The van der Waals surface area contributed by atoms with Crippen LogP contribution in [0.1, 0.15) is 5.56 Å². The molecule has 0 saturated carbocycles. The maximum atomic E-state index is 13.8. The summed E-state index contributed by atoms with van der Waals surface area (Å²) in [5.41, 5.74) is -0.946. The molecule has 2 aromatic carbocycles. The fourth-order valence-electron chi connectivity index (χ4n) is 2.93. The molecular weight excluding hydrogens is 427 g/mol. The Balaban J connectivity index is 1.75. The maximum Gasteiger partial charge on any atom is 0.244 e. The van der Waals surface area contributed by atoms with Gasteiger partial charge in [0, 0.05) is 38.3 Å². The number of piperazine rings is 1. The second-order valence-electron chi connectivity index (χ2n) is 6.16. The van der Waals surface area contributed by atoms with Crippen LogP contribution in [0.5, 0.6) is 0 Å². The topological polar surface area (TPSA) is 40.6 Å². The number of benzene rings is 2. The van der Waals surface area contributed by atoms with Gasteiger partial charge in [0.1, 0.15) is 4.90 Å². The van der Waals surface area contributed by atoms with Crippen LogP contribution in [0.2, 0.25) is 5.02 Å². The lowest BCUT2D eigenvalue weighted by Gasteiger charge is -2.34. The largest absolute Gasteiger partial charge is 0.296 e. The first-order chi connectivity index (χ1) is 13.1. The van der Waals surface area contributed by atoms with Crippen molar-refractivity contribution in [3.8, 4) is 0 Å². The van der Waals surface area contributed by atoms with E-state index in [1.807, 2.05) is 0 Å². The molecule has 152 valence electrons. The van der Waals surface area contributed by atoms with Crippen molar-refractivity contribution in [1.29, 1.82) is 0 Å². The molecule has 0 atom stereocenters. The minimum Gasteiger partial charge on any atom is -0.296 e. The third-order valence-corrected chi connectivity index (χ3v) is 6.87. The SMILES string of the molecule is O=S(=O)(c1ccccc1Cl)N1CCN(Cc2c(F)c(F)c(F)c(F)c2F)CC1. The molecule has 1 aliphatic rings. The number of sulfonamides is 1. The van der Waals surface area contributed by atoms with Gasteiger partial charge in [0.2, 0.25) is 15.8 Å². The molecule has 0 aromatic heterocycles. The molecule has 1 fully saturated rings. The molecule has 0 bridgehead atoms. The Morgan fingerprint density at radius 3 is 1.86 bits per heavy atom. The zero-order chi connectivity index (χ0) is 20.6. The maximum absolute atomic E-state index is 13.8. The van der Waals surface area contributed by atoms with Crippen LogP contribution in [-0.4, -0.2) is 43.8 Å². The molecule has 0 spiro atoms. The van der Waals surface area contributed by atoms with Crippen molar-refractivity contribution in [1.82, 2.24) is 9.21 Å². The molecule has 1 aliphatic heterocycles. The summed E-state index contributed by atoms with van der Waals surface area (Å²) in [6.07, 6.45) is 0. The van der Waals surface area contributed by atoms with Crippen LogP contribution in [0.25, 0.3) is 0 Å². The average Bonchev–Trinajstić information content (AvgIpc) is 2.69. The molecule has 3 rings (SSSR count). The molecule has 0 aliphatic carbocycles. The van der Waals surface area contributed by atoms with Crippen LogP contribution in [0.3, 0.4) is 0 Å². The first-order valence-corrected chi connectivity index (χ1v) is 9.93. The van der Waals surface area contributed by atoms with Crippen molar-refractivity contribution in [2.24, 2.45) is 0 Å². The highest BCUT2D eigenvalue weighted by molar-refractivity contribution is 7.89. The lowest BCUT2D eigenvalue weighted by atomic mass is 10.1. The van der Waals surface area contributed by atoms with Gasteiger partial charge in [0.15, 0.2) is 23.3 Å². The van der Waals surface area contributed by atoms with Gasteiger partial charge in [-0.1, -0.05) is 23.7 Å². The Labute approximate surface area is 163 Å². The van der Waals surface area contributed by atoms with Crippen LogP contribution >= 0.6 is 11.6 Å². The van der Waals surface area contributed by atoms with E-state index in [9.17, 15) is 30.4 Å². The molecule has 0 N–H and O–H groups in total. The van der Waals surface area contributed by atoms with E-state index in [4.69, 9.17) is 11.6 Å². The zero-order valence-corrected chi connectivity index (χ0v) is 15.8. The molecule has 4 nitrogen and oxygen atoms in total. The normalized spacial score (nSPS) is 16.5. The van der Waals surface area contributed by atoms with Crippen molar-refractivity contribution in [3.63, 3.8) is 0 Å². The molecule has 2 aromatic rings. The summed E-state index contributed by atoms with van der Waals surface area (Å²) in [5, 5.41) is 0.0614. The van der Waals surface area contributed by atoms with Gasteiger partial charge in [-0.15, -0.1) is 0 Å². The Bertz CT molecular complexity index is 982. The monoisotopic (exact) mass is 440 g/mol. The molecule has 28 heavy (non-hydrogen) atoms. The molecule has 1 heterocycles. The predicted octanol–water partition coefficient (Wildman–Crippen LogP) is 3.54. The predicted molar refractivity (Wildman–Crippen MR) is 91.7 cm³/mol. The molecule has 0 unspecified atom stereocenters. The van der Waals surface area contributed by atoms with E-state index in [0.717, 1.165) is 4.31 Å². The Morgan fingerprint density at radius 2 is 1.32 bits per heavy atom. The van der Waals surface area contributed by atoms with Gasteiger partial charge in [-0.05, 0) is 12.1 Å². The number of rotatable bonds is 4. The van der Waals surface area contributed by atoms with Crippen molar-refractivity contribution < 1.29 is 30.4 Å². The lowest BCUT2D eigenvalue weighted by molar-refractivity contribution is 0.176. The zero-order valence-electron chi connectivity index (χ0n) is 14.2.